The number of para-hydroxylation sites is 1. The molecule has 1 aromatic heterocycles. The van der Waals surface area contributed by atoms with Gasteiger partial charge in [0.25, 0.3) is 0 Å². The van der Waals surface area contributed by atoms with E-state index in [1.165, 1.54) is 11.3 Å². The van der Waals surface area contributed by atoms with Crippen LogP contribution in [0.1, 0.15) is 43.1 Å². The van der Waals surface area contributed by atoms with Crippen molar-refractivity contribution in [3.63, 3.8) is 0 Å². The second-order valence-electron chi connectivity index (χ2n) is 5.81. The van der Waals surface area contributed by atoms with Crippen LogP contribution in [-0.4, -0.2) is 22.6 Å². The molecule has 0 aliphatic heterocycles. The summed E-state index contributed by atoms with van der Waals surface area (Å²) in [5.74, 6) is -0.909. The number of aromatic carboxylic acids is 1. The second kappa shape index (κ2) is 5.85. The van der Waals surface area contributed by atoms with Gasteiger partial charge in [0.15, 0.2) is 5.13 Å². The Balaban J connectivity index is 2.51. The van der Waals surface area contributed by atoms with Gasteiger partial charge in [-0.1, -0.05) is 50.3 Å². The smallest absolute Gasteiger partial charge is 0.347 e. The first-order chi connectivity index (χ1) is 9.84. The van der Waals surface area contributed by atoms with Crippen LogP contribution >= 0.6 is 11.3 Å². The minimum Gasteiger partial charge on any atom is -0.477 e. The first kappa shape index (κ1) is 15.5. The van der Waals surface area contributed by atoms with E-state index < -0.39 is 5.97 Å². The minimum atomic E-state index is -0.909. The highest BCUT2D eigenvalue weighted by Gasteiger charge is 2.28. The van der Waals surface area contributed by atoms with Crippen LogP contribution in [0.3, 0.4) is 0 Å². The Morgan fingerprint density at radius 2 is 1.90 bits per heavy atom. The summed E-state index contributed by atoms with van der Waals surface area (Å²) in [7, 11) is 0. The molecule has 1 heterocycles. The Kier molecular flexibility index (Phi) is 4.32. The van der Waals surface area contributed by atoms with Crippen LogP contribution in [-0.2, 0) is 5.41 Å². The predicted octanol–water partition coefficient (Wildman–Crippen LogP) is 4.30. The Morgan fingerprint density at radius 1 is 1.29 bits per heavy atom. The number of thiazole rings is 1. The van der Waals surface area contributed by atoms with Crippen LogP contribution < -0.4 is 4.90 Å². The van der Waals surface area contributed by atoms with Crippen LogP contribution in [0.4, 0.5) is 10.8 Å². The van der Waals surface area contributed by atoms with Gasteiger partial charge in [0, 0.05) is 17.6 Å². The van der Waals surface area contributed by atoms with Crippen molar-refractivity contribution in [1.82, 2.24) is 4.98 Å². The number of rotatable bonds is 4. The molecule has 0 saturated heterocycles. The zero-order chi connectivity index (χ0) is 15.6. The zero-order valence-corrected chi connectivity index (χ0v) is 13.6. The average Bonchev–Trinajstić information content (AvgIpc) is 2.86. The molecule has 0 bridgehead atoms. The van der Waals surface area contributed by atoms with Crippen LogP contribution in [0, 0.1) is 0 Å². The van der Waals surface area contributed by atoms with E-state index in [1.807, 2.05) is 62.9 Å². The molecule has 2 rings (SSSR count). The SMILES string of the molecule is CCN(c1ccccc1)c1nc(C(C)(C)C)c(C(=O)O)s1. The number of hydrogen-bond acceptors (Lipinski definition) is 4. The summed E-state index contributed by atoms with van der Waals surface area (Å²) in [6.07, 6.45) is 0. The maximum absolute atomic E-state index is 11.5. The fourth-order valence-electron chi connectivity index (χ4n) is 2.11. The van der Waals surface area contributed by atoms with E-state index in [0.29, 0.717) is 10.6 Å². The van der Waals surface area contributed by atoms with E-state index in [0.717, 1.165) is 17.4 Å². The Labute approximate surface area is 129 Å². The van der Waals surface area contributed by atoms with Crippen molar-refractivity contribution >= 4 is 28.1 Å². The third kappa shape index (κ3) is 3.24. The van der Waals surface area contributed by atoms with Crippen molar-refractivity contribution in [3.05, 3.63) is 40.9 Å². The summed E-state index contributed by atoms with van der Waals surface area (Å²) in [4.78, 5) is 18.5. The number of aromatic nitrogens is 1. The largest absolute Gasteiger partial charge is 0.477 e. The maximum atomic E-state index is 11.5. The molecule has 2 aromatic rings. The fourth-order valence-corrected chi connectivity index (χ4v) is 3.31. The Morgan fingerprint density at radius 3 is 2.33 bits per heavy atom. The predicted molar refractivity (Wildman–Crippen MR) is 86.9 cm³/mol. The summed E-state index contributed by atoms with van der Waals surface area (Å²) in [5, 5.41) is 10.1. The number of hydrogen-bond donors (Lipinski definition) is 1. The summed E-state index contributed by atoms with van der Waals surface area (Å²) in [6.45, 7) is 8.72. The summed E-state index contributed by atoms with van der Waals surface area (Å²) in [6, 6.07) is 9.90. The van der Waals surface area contributed by atoms with E-state index in [9.17, 15) is 9.90 Å². The number of carboxylic acid groups (broad SMARTS) is 1. The van der Waals surface area contributed by atoms with Gasteiger partial charge >= 0.3 is 5.97 Å². The molecular formula is C16H20N2O2S. The molecule has 0 radical (unpaired) electrons. The highest BCUT2D eigenvalue weighted by Crippen LogP contribution is 2.36. The average molecular weight is 304 g/mol. The number of carbonyl (C=O) groups is 1. The van der Waals surface area contributed by atoms with Gasteiger partial charge in [-0.15, -0.1) is 0 Å². The molecule has 0 spiro atoms. The summed E-state index contributed by atoms with van der Waals surface area (Å²) >= 11 is 1.24. The molecule has 0 saturated carbocycles. The van der Waals surface area contributed by atoms with Crippen molar-refractivity contribution in [2.75, 3.05) is 11.4 Å². The first-order valence-electron chi connectivity index (χ1n) is 6.91. The highest BCUT2D eigenvalue weighted by molar-refractivity contribution is 7.17. The Bertz CT molecular complexity index is 629. The van der Waals surface area contributed by atoms with Gasteiger partial charge in [-0.05, 0) is 19.1 Å². The van der Waals surface area contributed by atoms with Gasteiger partial charge in [0.05, 0.1) is 5.69 Å². The quantitative estimate of drug-likeness (QED) is 0.915. The lowest BCUT2D eigenvalue weighted by Gasteiger charge is -2.20. The van der Waals surface area contributed by atoms with Gasteiger partial charge < -0.3 is 10.0 Å². The van der Waals surface area contributed by atoms with E-state index in [2.05, 4.69) is 4.98 Å². The number of carboxylic acids is 1. The van der Waals surface area contributed by atoms with Gasteiger partial charge in [-0.3, -0.25) is 0 Å². The normalized spacial score (nSPS) is 11.4. The molecule has 0 amide bonds. The van der Waals surface area contributed by atoms with E-state index in [-0.39, 0.29) is 5.41 Å². The van der Waals surface area contributed by atoms with Crippen molar-refractivity contribution in [2.24, 2.45) is 0 Å². The maximum Gasteiger partial charge on any atom is 0.347 e. The fraction of sp³-hybridized carbons (Fsp3) is 0.375. The lowest BCUT2D eigenvalue weighted by atomic mass is 9.91. The van der Waals surface area contributed by atoms with Crippen LogP contribution in [0.25, 0.3) is 0 Å². The van der Waals surface area contributed by atoms with Gasteiger partial charge in [-0.2, -0.15) is 0 Å². The van der Waals surface area contributed by atoms with Crippen LogP contribution in [0.5, 0.6) is 0 Å². The third-order valence-corrected chi connectivity index (χ3v) is 4.20. The molecule has 1 aromatic carbocycles. The third-order valence-electron chi connectivity index (χ3n) is 3.14. The molecule has 0 aliphatic rings. The minimum absolute atomic E-state index is 0.293. The molecule has 1 N–H and O–H groups in total. The van der Waals surface area contributed by atoms with Gasteiger partial charge in [0.1, 0.15) is 4.88 Å². The number of anilines is 2. The molecular weight excluding hydrogens is 284 g/mol. The Hall–Kier alpha value is -1.88. The zero-order valence-electron chi connectivity index (χ0n) is 12.8. The van der Waals surface area contributed by atoms with Crippen molar-refractivity contribution in [2.45, 2.75) is 33.1 Å². The van der Waals surface area contributed by atoms with Gasteiger partial charge in [-0.25, -0.2) is 9.78 Å². The number of benzene rings is 1. The first-order valence-corrected chi connectivity index (χ1v) is 7.73. The molecule has 0 aliphatic carbocycles. The van der Waals surface area contributed by atoms with Crippen molar-refractivity contribution in [1.29, 1.82) is 0 Å². The lowest BCUT2D eigenvalue weighted by Crippen LogP contribution is -2.18. The summed E-state index contributed by atoms with van der Waals surface area (Å²) in [5.41, 5.74) is 1.37. The van der Waals surface area contributed by atoms with E-state index in [1.54, 1.807) is 0 Å². The van der Waals surface area contributed by atoms with Crippen LogP contribution in [0.2, 0.25) is 0 Å². The molecule has 0 fully saturated rings. The van der Waals surface area contributed by atoms with Crippen molar-refractivity contribution < 1.29 is 9.90 Å². The van der Waals surface area contributed by atoms with Crippen LogP contribution in [0.15, 0.2) is 30.3 Å². The van der Waals surface area contributed by atoms with E-state index in [4.69, 9.17) is 0 Å². The lowest BCUT2D eigenvalue weighted by molar-refractivity contribution is 0.0699. The molecule has 0 unspecified atom stereocenters. The molecule has 21 heavy (non-hydrogen) atoms. The van der Waals surface area contributed by atoms with E-state index >= 15 is 0 Å². The molecule has 112 valence electrons. The monoisotopic (exact) mass is 304 g/mol. The van der Waals surface area contributed by atoms with Crippen molar-refractivity contribution in [3.8, 4) is 0 Å². The highest BCUT2D eigenvalue weighted by atomic mass is 32.1. The topological polar surface area (TPSA) is 53.4 Å². The molecule has 0 atom stereocenters. The summed E-state index contributed by atoms with van der Waals surface area (Å²) < 4.78 is 0. The van der Waals surface area contributed by atoms with Gasteiger partial charge in [0.2, 0.25) is 0 Å². The second-order valence-corrected chi connectivity index (χ2v) is 6.79. The number of nitrogens with zero attached hydrogens (tertiary/aromatic N) is 2. The molecule has 4 nitrogen and oxygen atoms in total. The molecule has 5 heteroatoms. The standard InChI is InChI=1S/C16H20N2O2S/c1-5-18(11-9-7-6-8-10-11)15-17-13(16(2,3)4)12(21-15)14(19)20/h6-10H,5H2,1-4H3,(H,19,20).